The second-order valence-corrected chi connectivity index (χ2v) is 9.69. The van der Waals surface area contributed by atoms with Gasteiger partial charge in [-0.2, -0.15) is 0 Å². The molecule has 0 aromatic heterocycles. The van der Waals surface area contributed by atoms with E-state index in [-0.39, 0.29) is 23.6 Å². The lowest BCUT2D eigenvalue weighted by Gasteiger charge is -2.27. The van der Waals surface area contributed by atoms with Crippen molar-refractivity contribution in [3.05, 3.63) is 90.1 Å². The van der Waals surface area contributed by atoms with Gasteiger partial charge in [-0.3, -0.25) is 14.5 Å². The zero-order chi connectivity index (χ0) is 27.1. The SMILES string of the molecule is CCOc1ccc(N2C(=O)C(=Cc3ccc(OC)cc3)N=C2SCC(=O)N(c2ccccc2)C(C)C)cc1. The van der Waals surface area contributed by atoms with E-state index >= 15 is 0 Å². The Labute approximate surface area is 227 Å². The maximum absolute atomic E-state index is 13.5. The fourth-order valence-corrected chi connectivity index (χ4v) is 4.92. The molecule has 8 heteroatoms. The van der Waals surface area contributed by atoms with Crippen molar-refractivity contribution in [2.24, 2.45) is 4.99 Å². The molecule has 0 saturated heterocycles. The van der Waals surface area contributed by atoms with Gasteiger partial charge in [0.15, 0.2) is 5.17 Å². The summed E-state index contributed by atoms with van der Waals surface area (Å²) in [6, 6.07) is 24.2. The van der Waals surface area contributed by atoms with Crippen molar-refractivity contribution >= 4 is 46.2 Å². The van der Waals surface area contributed by atoms with Gasteiger partial charge in [0.25, 0.3) is 5.91 Å². The molecule has 4 rings (SSSR count). The van der Waals surface area contributed by atoms with Gasteiger partial charge in [-0.15, -0.1) is 0 Å². The third kappa shape index (κ3) is 6.26. The van der Waals surface area contributed by atoms with Gasteiger partial charge in [0.05, 0.1) is 25.2 Å². The zero-order valence-corrected chi connectivity index (χ0v) is 22.8. The molecule has 1 heterocycles. The maximum atomic E-state index is 13.5. The zero-order valence-electron chi connectivity index (χ0n) is 22.0. The number of thioether (sulfide) groups is 1. The minimum Gasteiger partial charge on any atom is -0.497 e. The summed E-state index contributed by atoms with van der Waals surface area (Å²) >= 11 is 1.25. The number of amides is 2. The summed E-state index contributed by atoms with van der Waals surface area (Å²) in [6.45, 7) is 6.43. The minimum absolute atomic E-state index is 0.0228. The van der Waals surface area contributed by atoms with Gasteiger partial charge in [-0.25, -0.2) is 4.99 Å². The van der Waals surface area contributed by atoms with Crippen LogP contribution >= 0.6 is 11.8 Å². The first-order valence-electron chi connectivity index (χ1n) is 12.4. The molecular formula is C30H31N3O4S. The van der Waals surface area contributed by atoms with Gasteiger partial charge in [0, 0.05) is 11.7 Å². The summed E-state index contributed by atoms with van der Waals surface area (Å²) in [4.78, 5) is 34.8. The second-order valence-electron chi connectivity index (χ2n) is 8.75. The van der Waals surface area contributed by atoms with Crippen molar-refractivity contribution in [3.63, 3.8) is 0 Å². The molecule has 0 fully saturated rings. The van der Waals surface area contributed by atoms with Gasteiger partial charge in [0.1, 0.15) is 17.2 Å². The molecule has 38 heavy (non-hydrogen) atoms. The molecule has 0 N–H and O–H groups in total. The van der Waals surface area contributed by atoms with Crippen LogP contribution in [0.5, 0.6) is 11.5 Å². The second kappa shape index (κ2) is 12.5. The van der Waals surface area contributed by atoms with E-state index in [2.05, 4.69) is 4.99 Å². The lowest BCUT2D eigenvalue weighted by molar-refractivity contribution is -0.116. The van der Waals surface area contributed by atoms with Crippen LogP contribution in [-0.4, -0.2) is 42.5 Å². The predicted molar refractivity (Wildman–Crippen MR) is 155 cm³/mol. The third-order valence-corrected chi connectivity index (χ3v) is 6.72. The molecule has 3 aromatic rings. The largest absolute Gasteiger partial charge is 0.497 e. The van der Waals surface area contributed by atoms with Crippen LogP contribution in [0.4, 0.5) is 11.4 Å². The van der Waals surface area contributed by atoms with E-state index in [1.807, 2.05) is 99.6 Å². The quantitative estimate of drug-likeness (QED) is 0.317. The summed E-state index contributed by atoms with van der Waals surface area (Å²) in [6.07, 6.45) is 1.74. The van der Waals surface area contributed by atoms with Gasteiger partial charge < -0.3 is 14.4 Å². The molecule has 0 radical (unpaired) electrons. The Morgan fingerprint density at radius 2 is 1.66 bits per heavy atom. The van der Waals surface area contributed by atoms with Crippen LogP contribution in [0.25, 0.3) is 6.08 Å². The van der Waals surface area contributed by atoms with Crippen LogP contribution in [-0.2, 0) is 9.59 Å². The van der Waals surface area contributed by atoms with Crippen molar-refractivity contribution in [3.8, 4) is 11.5 Å². The topological polar surface area (TPSA) is 71.4 Å². The Morgan fingerprint density at radius 3 is 2.26 bits per heavy atom. The van der Waals surface area contributed by atoms with E-state index in [9.17, 15) is 9.59 Å². The molecule has 196 valence electrons. The lowest BCUT2D eigenvalue weighted by Crippen LogP contribution is -2.39. The molecule has 1 aliphatic heterocycles. The van der Waals surface area contributed by atoms with Crippen LogP contribution in [0.15, 0.2) is 89.6 Å². The number of methoxy groups -OCH3 is 1. The van der Waals surface area contributed by atoms with Crippen molar-refractivity contribution < 1.29 is 19.1 Å². The minimum atomic E-state index is -0.260. The highest BCUT2D eigenvalue weighted by atomic mass is 32.2. The Kier molecular flexibility index (Phi) is 8.86. The fourth-order valence-electron chi connectivity index (χ4n) is 4.05. The van der Waals surface area contributed by atoms with E-state index in [1.165, 1.54) is 11.8 Å². The fraction of sp³-hybridized carbons (Fsp3) is 0.233. The first-order chi connectivity index (χ1) is 18.4. The van der Waals surface area contributed by atoms with Crippen LogP contribution in [0, 0.1) is 0 Å². The highest BCUT2D eigenvalue weighted by Crippen LogP contribution is 2.31. The molecule has 0 unspecified atom stereocenters. The predicted octanol–water partition coefficient (Wildman–Crippen LogP) is 6.01. The molecule has 3 aromatic carbocycles. The van der Waals surface area contributed by atoms with E-state index in [0.29, 0.717) is 28.9 Å². The lowest BCUT2D eigenvalue weighted by atomic mass is 10.2. The number of nitrogens with zero attached hydrogens (tertiary/aromatic N) is 3. The van der Waals surface area contributed by atoms with Gasteiger partial charge in [0.2, 0.25) is 5.91 Å². The molecule has 2 amide bonds. The van der Waals surface area contributed by atoms with E-state index in [0.717, 1.165) is 17.0 Å². The molecular weight excluding hydrogens is 498 g/mol. The van der Waals surface area contributed by atoms with Crippen molar-refractivity contribution in [2.75, 3.05) is 29.3 Å². The van der Waals surface area contributed by atoms with E-state index in [4.69, 9.17) is 9.47 Å². The van der Waals surface area contributed by atoms with Crippen molar-refractivity contribution in [2.45, 2.75) is 26.8 Å². The highest BCUT2D eigenvalue weighted by molar-refractivity contribution is 8.14. The smallest absolute Gasteiger partial charge is 0.283 e. The Morgan fingerprint density at radius 1 is 1.00 bits per heavy atom. The van der Waals surface area contributed by atoms with Crippen LogP contribution in [0.2, 0.25) is 0 Å². The number of rotatable bonds is 9. The van der Waals surface area contributed by atoms with Crippen LogP contribution in [0.1, 0.15) is 26.3 Å². The number of anilines is 2. The van der Waals surface area contributed by atoms with E-state index < -0.39 is 0 Å². The van der Waals surface area contributed by atoms with E-state index in [1.54, 1.807) is 23.0 Å². The normalized spacial score (nSPS) is 14.1. The monoisotopic (exact) mass is 529 g/mol. The summed E-state index contributed by atoms with van der Waals surface area (Å²) in [5, 5.41) is 0.448. The molecule has 0 bridgehead atoms. The Balaban J connectivity index is 1.62. The first kappa shape index (κ1) is 27.0. The number of carbonyl (C=O) groups excluding carboxylic acids is 2. The number of amidine groups is 1. The standard InChI is InChI=1S/C30H31N3O4S/c1-5-37-26-17-13-24(14-18-26)33-29(35)27(19-22-11-15-25(36-4)16-12-22)31-30(33)38-20-28(34)32(21(2)3)23-9-7-6-8-10-23/h6-19,21H,5,20H2,1-4H3. The number of carbonyl (C=O) groups is 2. The average molecular weight is 530 g/mol. The summed E-state index contributed by atoms with van der Waals surface area (Å²) < 4.78 is 10.8. The van der Waals surface area contributed by atoms with Crippen LogP contribution in [0.3, 0.4) is 0 Å². The maximum Gasteiger partial charge on any atom is 0.283 e. The summed E-state index contributed by atoms with van der Waals surface area (Å²) in [7, 11) is 1.61. The number of ether oxygens (including phenoxy) is 2. The summed E-state index contributed by atoms with van der Waals surface area (Å²) in [5.74, 6) is 1.25. The summed E-state index contributed by atoms with van der Waals surface area (Å²) in [5.41, 5.74) is 2.60. The molecule has 0 saturated carbocycles. The number of hydrogen-bond donors (Lipinski definition) is 0. The number of benzene rings is 3. The van der Waals surface area contributed by atoms with Crippen LogP contribution < -0.4 is 19.3 Å². The van der Waals surface area contributed by atoms with Gasteiger partial charge in [-0.1, -0.05) is 42.1 Å². The molecule has 0 spiro atoms. The van der Waals surface area contributed by atoms with Gasteiger partial charge in [-0.05, 0) is 80.9 Å². The molecule has 0 aliphatic carbocycles. The van der Waals surface area contributed by atoms with Crippen molar-refractivity contribution in [1.29, 1.82) is 0 Å². The Bertz CT molecular complexity index is 1320. The number of para-hydroxylation sites is 1. The average Bonchev–Trinajstić information content (AvgIpc) is 3.23. The van der Waals surface area contributed by atoms with Gasteiger partial charge >= 0.3 is 0 Å². The number of hydrogen-bond acceptors (Lipinski definition) is 6. The van der Waals surface area contributed by atoms with Crippen molar-refractivity contribution in [1.82, 2.24) is 0 Å². The molecule has 7 nitrogen and oxygen atoms in total. The molecule has 1 aliphatic rings. The molecule has 0 atom stereocenters. The number of aliphatic imine (C=N–C) groups is 1. The first-order valence-corrected chi connectivity index (χ1v) is 13.4. The third-order valence-electron chi connectivity index (χ3n) is 5.80. The highest BCUT2D eigenvalue weighted by Gasteiger charge is 2.33. The Hall–Kier alpha value is -4.04.